The number of alkyl halides is 3. The van der Waals surface area contributed by atoms with E-state index in [0.717, 1.165) is 11.2 Å². The summed E-state index contributed by atoms with van der Waals surface area (Å²) in [4.78, 5) is 42.2. The van der Waals surface area contributed by atoms with Gasteiger partial charge in [0.05, 0.1) is 11.3 Å². The molecule has 0 spiro atoms. The molecule has 164 valence electrons. The van der Waals surface area contributed by atoms with Crippen LogP contribution in [0.5, 0.6) is 0 Å². The Kier molecular flexibility index (Phi) is 5.17. The largest absolute Gasteiger partial charge is 0.473 e. The van der Waals surface area contributed by atoms with Crippen molar-refractivity contribution in [2.75, 3.05) is 19.4 Å². The number of hydrogen-bond donors (Lipinski definition) is 1. The molecule has 7 nitrogen and oxygen atoms in total. The fraction of sp³-hybridized carbons (Fsp3) is 0.182. The van der Waals surface area contributed by atoms with Crippen LogP contribution in [0.1, 0.15) is 32.3 Å². The number of hydrogen-bond acceptors (Lipinski definition) is 6. The maximum absolute atomic E-state index is 13.3. The molecule has 4 rings (SSSR count). The van der Waals surface area contributed by atoms with Crippen molar-refractivity contribution < 1.29 is 27.6 Å². The summed E-state index contributed by atoms with van der Waals surface area (Å²) in [5.41, 5.74) is 1.34. The van der Waals surface area contributed by atoms with Gasteiger partial charge in [-0.05, 0) is 23.8 Å². The maximum Gasteiger partial charge on any atom is 0.473 e. The third-order valence-corrected chi connectivity index (χ3v) is 5.18. The molecule has 1 aromatic heterocycles. The molecular weight excluding hydrogens is 425 g/mol. The van der Waals surface area contributed by atoms with E-state index in [0.29, 0.717) is 16.3 Å². The number of pyridine rings is 1. The Morgan fingerprint density at radius 3 is 2.50 bits per heavy atom. The van der Waals surface area contributed by atoms with E-state index in [1.807, 2.05) is 0 Å². The minimum absolute atomic E-state index is 0.0216. The van der Waals surface area contributed by atoms with Gasteiger partial charge in [0.2, 0.25) is 11.6 Å². The number of nitrogens with zero attached hydrogens (tertiary/aromatic N) is 3. The second kappa shape index (κ2) is 7.72. The molecule has 1 aliphatic carbocycles. The Labute approximate surface area is 180 Å². The lowest BCUT2D eigenvalue weighted by atomic mass is 9.77. The summed E-state index contributed by atoms with van der Waals surface area (Å²) in [5, 5.41) is 4.35. The highest BCUT2D eigenvalue weighted by Gasteiger charge is 2.44. The van der Waals surface area contributed by atoms with Gasteiger partial charge in [0.15, 0.2) is 0 Å². The molecule has 1 N–H and O–H groups in total. The molecule has 2 heterocycles. The van der Waals surface area contributed by atoms with Crippen LogP contribution in [0.25, 0.3) is 0 Å². The number of hydrazine groups is 1. The van der Waals surface area contributed by atoms with E-state index in [9.17, 15) is 27.6 Å². The van der Waals surface area contributed by atoms with Crippen LogP contribution < -0.4 is 5.32 Å². The van der Waals surface area contributed by atoms with Gasteiger partial charge in [-0.3, -0.25) is 19.4 Å². The molecule has 1 aromatic carbocycles. The molecular formula is C22H17F3N4O3. The van der Waals surface area contributed by atoms with E-state index in [4.69, 9.17) is 0 Å². The number of fused-ring (bicyclic) bond motifs is 2. The Morgan fingerprint density at radius 2 is 1.81 bits per heavy atom. The predicted octanol–water partition coefficient (Wildman–Crippen LogP) is 3.31. The predicted molar refractivity (Wildman–Crippen MR) is 108 cm³/mol. The van der Waals surface area contributed by atoms with Crippen LogP contribution in [0.2, 0.25) is 0 Å². The second-order valence-electron chi connectivity index (χ2n) is 7.37. The van der Waals surface area contributed by atoms with Crippen molar-refractivity contribution in [1.29, 1.82) is 0 Å². The molecule has 2 aliphatic rings. The highest BCUT2D eigenvalue weighted by atomic mass is 19.4. The molecule has 0 bridgehead atoms. The lowest BCUT2D eigenvalue weighted by Gasteiger charge is -2.32. The summed E-state index contributed by atoms with van der Waals surface area (Å²) in [6.45, 7) is 0. The van der Waals surface area contributed by atoms with E-state index in [1.54, 1.807) is 30.3 Å². The number of Topliss-reactive ketones (excluding diaryl/α,β-unsaturated/α-hetero) is 2. The minimum Gasteiger partial charge on any atom is -0.352 e. The van der Waals surface area contributed by atoms with E-state index in [-0.39, 0.29) is 22.5 Å². The summed E-state index contributed by atoms with van der Waals surface area (Å²) < 4.78 is 39.1. The van der Waals surface area contributed by atoms with E-state index in [2.05, 4.69) is 10.3 Å². The molecule has 0 radical (unpaired) electrons. The number of carbonyl (C=O) groups is 3. The minimum atomic E-state index is -5.09. The van der Waals surface area contributed by atoms with Crippen LogP contribution in [0.3, 0.4) is 0 Å². The van der Waals surface area contributed by atoms with Crippen LogP contribution in [0, 0.1) is 0 Å². The molecule has 32 heavy (non-hydrogen) atoms. The zero-order chi connectivity index (χ0) is 23.2. The fourth-order valence-corrected chi connectivity index (χ4v) is 3.74. The standard InChI is InChI=1S/C22H17F3N4O3/c1-28(2)29(21(32)22(23,24)25)11-9-13-12-6-3-4-8-15(12)27-18-16(13)20(31)17-14(19(18)30)7-5-10-26-17/h3-11,13,27H,1-2H3/b11-9+. The van der Waals surface area contributed by atoms with Gasteiger partial charge in [-0.25, -0.2) is 10.0 Å². The Balaban J connectivity index is 1.84. The van der Waals surface area contributed by atoms with Crippen molar-refractivity contribution >= 4 is 23.2 Å². The number of halogens is 3. The average Bonchev–Trinajstić information content (AvgIpc) is 2.76. The highest BCUT2D eigenvalue weighted by Crippen LogP contribution is 2.42. The fourth-order valence-electron chi connectivity index (χ4n) is 3.74. The molecule has 1 unspecified atom stereocenters. The zero-order valence-electron chi connectivity index (χ0n) is 17.0. The number of allylic oxidation sites excluding steroid dienone is 3. The Bertz CT molecular complexity index is 1200. The van der Waals surface area contributed by atoms with Gasteiger partial charge in [0.25, 0.3) is 0 Å². The number of anilines is 1. The molecule has 2 aromatic rings. The van der Waals surface area contributed by atoms with Gasteiger partial charge in [0, 0.05) is 43.7 Å². The van der Waals surface area contributed by atoms with E-state index >= 15 is 0 Å². The smallest absolute Gasteiger partial charge is 0.352 e. The molecule has 0 saturated carbocycles. The lowest BCUT2D eigenvalue weighted by molar-refractivity contribution is -0.193. The number of aromatic nitrogens is 1. The van der Waals surface area contributed by atoms with Crippen LogP contribution >= 0.6 is 0 Å². The van der Waals surface area contributed by atoms with Gasteiger partial charge >= 0.3 is 12.1 Å². The molecule has 0 fully saturated rings. The number of ketones is 2. The van der Waals surface area contributed by atoms with Crippen molar-refractivity contribution in [3.8, 4) is 0 Å². The van der Waals surface area contributed by atoms with Crippen molar-refractivity contribution in [2.24, 2.45) is 0 Å². The third kappa shape index (κ3) is 3.48. The van der Waals surface area contributed by atoms with E-state index < -0.39 is 29.6 Å². The highest BCUT2D eigenvalue weighted by molar-refractivity contribution is 6.28. The van der Waals surface area contributed by atoms with Crippen molar-refractivity contribution in [3.05, 3.63) is 83.0 Å². The van der Waals surface area contributed by atoms with Crippen LogP contribution in [0.4, 0.5) is 18.9 Å². The first kappa shape index (κ1) is 21.4. The third-order valence-electron chi connectivity index (χ3n) is 5.18. The summed E-state index contributed by atoms with van der Waals surface area (Å²) in [6.07, 6.45) is -1.44. The zero-order valence-corrected chi connectivity index (χ0v) is 17.0. The Hall–Kier alpha value is -3.79. The van der Waals surface area contributed by atoms with Gasteiger partial charge < -0.3 is 5.32 Å². The first-order valence-electron chi connectivity index (χ1n) is 9.51. The van der Waals surface area contributed by atoms with Crippen LogP contribution in [0.15, 0.2) is 66.1 Å². The number of nitrogens with one attached hydrogen (secondary N) is 1. The molecule has 10 heteroatoms. The normalized spacial score (nSPS) is 17.8. The summed E-state index contributed by atoms with van der Waals surface area (Å²) in [5.74, 6) is -3.91. The second-order valence-corrected chi connectivity index (χ2v) is 7.37. The van der Waals surface area contributed by atoms with Gasteiger partial charge in [-0.2, -0.15) is 13.2 Å². The number of rotatable bonds is 3. The number of amides is 1. The van der Waals surface area contributed by atoms with E-state index in [1.165, 1.54) is 32.4 Å². The van der Waals surface area contributed by atoms with Gasteiger partial charge in [-0.15, -0.1) is 0 Å². The first-order chi connectivity index (χ1) is 15.1. The van der Waals surface area contributed by atoms with Crippen molar-refractivity contribution in [3.63, 3.8) is 0 Å². The molecule has 1 atom stereocenters. The number of carbonyl (C=O) groups excluding carboxylic acids is 3. The first-order valence-corrected chi connectivity index (χ1v) is 9.51. The quantitative estimate of drug-likeness (QED) is 0.735. The van der Waals surface area contributed by atoms with Gasteiger partial charge in [0.1, 0.15) is 5.69 Å². The maximum atomic E-state index is 13.3. The van der Waals surface area contributed by atoms with Crippen LogP contribution in [-0.4, -0.2) is 52.7 Å². The monoisotopic (exact) mass is 442 g/mol. The SMILES string of the molecule is CN(C)N(/C=C/C1C2=C(Nc3ccccc31)C(=O)c1cccnc1C2=O)C(=O)C(F)(F)F. The summed E-state index contributed by atoms with van der Waals surface area (Å²) in [7, 11) is 2.56. The topological polar surface area (TPSA) is 82.6 Å². The van der Waals surface area contributed by atoms with Crippen molar-refractivity contribution in [2.45, 2.75) is 12.1 Å². The van der Waals surface area contributed by atoms with Gasteiger partial charge in [-0.1, -0.05) is 24.3 Å². The van der Waals surface area contributed by atoms with Crippen molar-refractivity contribution in [1.82, 2.24) is 15.0 Å². The summed E-state index contributed by atoms with van der Waals surface area (Å²) >= 11 is 0. The summed E-state index contributed by atoms with van der Waals surface area (Å²) in [6, 6.07) is 9.86. The number of para-hydroxylation sites is 1. The Morgan fingerprint density at radius 1 is 1.09 bits per heavy atom. The number of benzene rings is 1. The van der Waals surface area contributed by atoms with Crippen LogP contribution in [-0.2, 0) is 4.79 Å². The average molecular weight is 442 g/mol. The lowest BCUT2D eigenvalue weighted by Crippen LogP contribution is -2.45. The molecule has 1 amide bonds. The molecule has 1 aliphatic heterocycles. The molecule has 0 saturated heterocycles.